The molecular weight excluding hydrogens is 176 g/mol. The van der Waals surface area contributed by atoms with E-state index in [9.17, 15) is 0 Å². The van der Waals surface area contributed by atoms with E-state index in [1.807, 2.05) is 18.2 Å². The highest BCUT2D eigenvalue weighted by Crippen LogP contribution is 2.27. The Hall–Kier alpha value is -1.28. The van der Waals surface area contributed by atoms with E-state index >= 15 is 0 Å². The van der Waals surface area contributed by atoms with Crippen molar-refractivity contribution in [3.05, 3.63) is 34.9 Å². The highest BCUT2D eigenvalue weighted by molar-refractivity contribution is 5.58. The molecule has 2 rings (SSSR count). The molecule has 0 amide bonds. The van der Waals surface area contributed by atoms with Crippen molar-refractivity contribution in [1.29, 1.82) is 0 Å². The van der Waals surface area contributed by atoms with Gasteiger partial charge in [0.15, 0.2) is 0 Å². The Kier molecular flexibility index (Phi) is 2.55. The number of aliphatic hydroxyl groups excluding tert-OH is 1. The molecule has 0 unspecified atom stereocenters. The van der Waals surface area contributed by atoms with E-state index in [4.69, 9.17) is 9.84 Å². The zero-order valence-corrected chi connectivity index (χ0v) is 8.21. The van der Waals surface area contributed by atoms with Crippen molar-refractivity contribution in [2.45, 2.75) is 19.4 Å². The SMILES string of the molecule is COc1cc2c(cc1CO)C=[C]CC2. The monoisotopic (exact) mass is 189 g/mol. The number of fused-ring (bicyclic) bond motifs is 1. The fourth-order valence-electron chi connectivity index (χ4n) is 1.74. The predicted molar refractivity (Wildman–Crippen MR) is 54.9 cm³/mol. The zero-order valence-electron chi connectivity index (χ0n) is 8.21. The molecule has 1 aromatic carbocycles. The van der Waals surface area contributed by atoms with Crippen LogP contribution in [-0.2, 0) is 13.0 Å². The molecule has 0 saturated heterocycles. The van der Waals surface area contributed by atoms with Crippen molar-refractivity contribution in [3.63, 3.8) is 0 Å². The molecule has 0 bridgehead atoms. The van der Waals surface area contributed by atoms with Gasteiger partial charge >= 0.3 is 0 Å². The largest absolute Gasteiger partial charge is 0.496 e. The summed E-state index contributed by atoms with van der Waals surface area (Å²) in [5.74, 6) is 0.779. The summed E-state index contributed by atoms with van der Waals surface area (Å²) in [7, 11) is 1.63. The molecule has 1 N–H and O–H groups in total. The lowest BCUT2D eigenvalue weighted by molar-refractivity contribution is 0.273. The summed E-state index contributed by atoms with van der Waals surface area (Å²) in [5.41, 5.74) is 3.27. The molecule has 0 atom stereocenters. The first kappa shape index (κ1) is 9.28. The minimum absolute atomic E-state index is 0.0181. The molecule has 2 heteroatoms. The maximum atomic E-state index is 9.14. The smallest absolute Gasteiger partial charge is 0.124 e. The van der Waals surface area contributed by atoms with Crippen LogP contribution in [0, 0.1) is 6.08 Å². The maximum Gasteiger partial charge on any atom is 0.124 e. The molecule has 0 heterocycles. The summed E-state index contributed by atoms with van der Waals surface area (Å²) in [6.07, 6.45) is 7.14. The van der Waals surface area contributed by atoms with Crippen LogP contribution in [0.4, 0.5) is 0 Å². The van der Waals surface area contributed by atoms with Gasteiger partial charge in [0.1, 0.15) is 5.75 Å². The van der Waals surface area contributed by atoms with Crippen LogP contribution in [0.25, 0.3) is 6.08 Å². The standard InChI is InChI=1S/C12H13O2/c1-14-12-7-10-5-3-2-4-9(10)6-11(12)8-13/h4,6-7,13H,3,5,8H2,1H3. The Morgan fingerprint density at radius 3 is 3.07 bits per heavy atom. The molecular formula is C12H13O2. The second-order valence-corrected chi connectivity index (χ2v) is 3.37. The number of benzene rings is 1. The van der Waals surface area contributed by atoms with Gasteiger partial charge in [-0.2, -0.15) is 0 Å². The van der Waals surface area contributed by atoms with Crippen molar-refractivity contribution in [1.82, 2.24) is 0 Å². The number of ether oxygens (including phenoxy) is 1. The number of hydrogen-bond acceptors (Lipinski definition) is 2. The predicted octanol–water partition coefficient (Wildman–Crippen LogP) is 1.95. The first-order chi connectivity index (χ1) is 6.85. The van der Waals surface area contributed by atoms with Crippen LogP contribution in [0.3, 0.4) is 0 Å². The molecule has 1 radical (unpaired) electrons. The Labute approximate surface area is 83.8 Å². The number of methoxy groups -OCH3 is 1. The van der Waals surface area contributed by atoms with Crippen molar-refractivity contribution in [2.24, 2.45) is 0 Å². The second-order valence-electron chi connectivity index (χ2n) is 3.37. The summed E-state index contributed by atoms with van der Waals surface area (Å²) in [5, 5.41) is 9.14. The minimum atomic E-state index is 0.0181. The summed E-state index contributed by atoms with van der Waals surface area (Å²) in [4.78, 5) is 0. The van der Waals surface area contributed by atoms with Crippen LogP contribution in [0.2, 0.25) is 0 Å². The van der Waals surface area contributed by atoms with E-state index in [1.165, 1.54) is 5.56 Å². The lowest BCUT2D eigenvalue weighted by Crippen LogP contribution is -1.99. The highest BCUT2D eigenvalue weighted by Gasteiger charge is 2.10. The van der Waals surface area contributed by atoms with E-state index in [-0.39, 0.29) is 6.61 Å². The molecule has 0 fully saturated rings. The number of aliphatic hydroxyl groups is 1. The number of allylic oxidation sites excluding steroid dienone is 1. The molecule has 0 saturated carbocycles. The normalized spacial score (nSPS) is 13.9. The second kappa shape index (κ2) is 3.84. The Bertz CT molecular complexity index is 367. The number of hydrogen-bond donors (Lipinski definition) is 1. The fourth-order valence-corrected chi connectivity index (χ4v) is 1.74. The molecule has 0 spiro atoms. The van der Waals surface area contributed by atoms with Gasteiger partial charge in [-0.05, 0) is 42.2 Å². The van der Waals surface area contributed by atoms with Gasteiger partial charge in [0.05, 0.1) is 13.7 Å². The van der Waals surface area contributed by atoms with Crippen LogP contribution >= 0.6 is 0 Å². The van der Waals surface area contributed by atoms with Gasteiger partial charge in [-0.1, -0.05) is 6.08 Å². The molecule has 14 heavy (non-hydrogen) atoms. The van der Waals surface area contributed by atoms with Gasteiger partial charge in [-0.25, -0.2) is 0 Å². The van der Waals surface area contributed by atoms with Crippen LogP contribution in [0.15, 0.2) is 12.1 Å². The van der Waals surface area contributed by atoms with Gasteiger partial charge in [0.25, 0.3) is 0 Å². The molecule has 1 aliphatic rings. The summed E-state index contributed by atoms with van der Waals surface area (Å²) in [6, 6.07) is 3.98. The first-order valence-corrected chi connectivity index (χ1v) is 4.72. The molecule has 1 aliphatic carbocycles. The highest BCUT2D eigenvalue weighted by atomic mass is 16.5. The van der Waals surface area contributed by atoms with E-state index in [0.29, 0.717) is 0 Å². The lowest BCUT2D eigenvalue weighted by Gasteiger charge is -2.14. The van der Waals surface area contributed by atoms with Crippen LogP contribution in [-0.4, -0.2) is 12.2 Å². The van der Waals surface area contributed by atoms with Crippen LogP contribution < -0.4 is 4.74 Å². The lowest BCUT2D eigenvalue weighted by atomic mass is 9.95. The Morgan fingerprint density at radius 1 is 1.50 bits per heavy atom. The van der Waals surface area contributed by atoms with E-state index in [2.05, 4.69) is 6.08 Å². The van der Waals surface area contributed by atoms with Crippen LogP contribution in [0.1, 0.15) is 23.1 Å². The topological polar surface area (TPSA) is 29.5 Å². The number of aryl methyl sites for hydroxylation is 1. The van der Waals surface area contributed by atoms with Crippen molar-refractivity contribution >= 4 is 6.08 Å². The Morgan fingerprint density at radius 2 is 2.36 bits per heavy atom. The van der Waals surface area contributed by atoms with E-state index in [1.54, 1.807) is 7.11 Å². The average Bonchev–Trinajstić information content (AvgIpc) is 2.27. The van der Waals surface area contributed by atoms with E-state index < -0.39 is 0 Å². The van der Waals surface area contributed by atoms with Crippen LogP contribution in [0.5, 0.6) is 5.75 Å². The van der Waals surface area contributed by atoms with Gasteiger partial charge in [0, 0.05) is 5.56 Å². The molecule has 0 aromatic heterocycles. The van der Waals surface area contributed by atoms with Crippen molar-refractivity contribution in [3.8, 4) is 5.75 Å². The van der Waals surface area contributed by atoms with Crippen molar-refractivity contribution < 1.29 is 9.84 Å². The molecule has 1 aromatic rings. The molecule has 73 valence electrons. The Balaban J connectivity index is 2.50. The van der Waals surface area contributed by atoms with Gasteiger partial charge in [-0.3, -0.25) is 0 Å². The fraction of sp³-hybridized carbons (Fsp3) is 0.333. The molecule has 2 nitrogen and oxygen atoms in total. The molecule has 0 aliphatic heterocycles. The summed E-state index contributed by atoms with van der Waals surface area (Å²) < 4.78 is 5.21. The summed E-state index contributed by atoms with van der Waals surface area (Å²) >= 11 is 0. The van der Waals surface area contributed by atoms with Gasteiger partial charge in [0.2, 0.25) is 0 Å². The zero-order chi connectivity index (χ0) is 9.97. The quantitative estimate of drug-likeness (QED) is 0.770. The third kappa shape index (κ3) is 1.53. The maximum absolute atomic E-state index is 9.14. The third-order valence-corrected chi connectivity index (χ3v) is 2.51. The minimum Gasteiger partial charge on any atom is -0.496 e. The van der Waals surface area contributed by atoms with Crippen molar-refractivity contribution in [2.75, 3.05) is 7.11 Å². The summed E-state index contributed by atoms with van der Waals surface area (Å²) in [6.45, 7) is 0.0181. The number of rotatable bonds is 2. The van der Waals surface area contributed by atoms with E-state index in [0.717, 1.165) is 29.7 Å². The first-order valence-electron chi connectivity index (χ1n) is 4.72. The van der Waals surface area contributed by atoms with Gasteiger partial charge < -0.3 is 9.84 Å². The van der Waals surface area contributed by atoms with Gasteiger partial charge in [-0.15, -0.1) is 0 Å². The third-order valence-electron chi connectivity index (χ3n) is 2.51. The average molecular weight is 189 g/mol.